The average molecular weight is 191 g/mol. The van der Waals surface area contributed by atoms with Crippen molar-refractivity contribution in [2.75, 3.05) is 0 Å². The summed E-state index contributed by atoms with van der Waals surface area (Å²) in [5.74, 6) is 0. The molecule has 0 heterocycles. The van der Waals surface area contributed by atoms with Crippen LogP contribution < -0.4 is 0 Å². The second kappa shape index (κ2) is 4.28. The third-order valence-corrected chi connectivity index (χ3v) is 1.90. The Morgan fingerprint density at radius 2 is 2.30 bits per heavy atom. The van der Waals surface area contributed by atoms with Gasteiger partial charge in [0.2, 0.25) is 0 Å². The molecule has 0 bridgehead atoms. The fraction of sp³-hybridized carbons (Fsp3) is 1.00. The van der Waals surface area contributed by atoms with Gasteiger partial charge in [0, 0.05) is 0 Å². The number of phosphoric ester groups is 1. The summed E-state index contributed by atoms with van der Waals surface area (Å²) < 4.78 is 17.9. The van der Waals surface area contributed by atoms with E-state index in [4.69, 9.17) is 10.00 Å². The summed E-state index contributed by atoms with van der Waals surface area (Å²) in [6, 6.07) is 0. The highest BCUT2D eigenvalue weighted by Crippen LogP contribution is 2.45. The van der Waals surface area contributed by atoms with Gasteiger partial charge in [-0.05, 0) is 6.42 Å². The zero-order valence-corrected chi connectivity index (χ0v) is 6.88. The Morgan fingerprint density at radius 3 is 2.60 bits per heavy atom. The number of halogens is 1. The van der Waals surface area contributed by atoms with Crippen LogP contribution in [-0.4, -0.2) is 16.3 Å². The first-order valence-electron chi connectivity index (χ1n) is 2.51. The van der Waals surface area contributed by atoms with Crippen LogP contribution in [0.3, 0.4) is 0 Å². The Kier molecular flexibility index (Phi) is 4.44. The SMILES string of the molecule is CCC(O)OP(=O)(O)OCl. The monoisotopic (exact) mass is 190 g/mol. The first kappa shape index (κ1) is 10.4. The molecule has 0 spiro atoms. The predicted octanol–water partition coefficient (Wildman–Crippen LogP) is 1.00. The molecule has 0 aliphatic carbocycles. The molecule has 0 saturated heterocycles. The zero-order valence-electron chi connectivity index (χ0n) is 5.23. The van der Waals surface area contributed by atoms with E-state index < -0.39 is 14.1 Å². The van der Waals surface area contributed by atoms with Crippen molar-refractivity contribution in [3.05, 3.63) is 0 Å². The van der Waals surface area contributed by atoms with Gasteiger partial charge in [-0.1, -0.05) is 6.92 Å². The topological polar surface area (TPSA) is 76.0 Å². The maximum absolute atomic E-state index is 10.4. The third kappa shape index (κ3) is 4.22. The molecule has 0 rings (SSSR count). The summed E-state index contributed by atoms with van der Waals surface area (Å²) in [5.41, 5.74) is 0. The minimum absolute atomic E-state index is 0.185. The minimum atomic E-state index is -4.23. The van der Waals surface area contributed by atoms with Crippen molar-refractivity contribution in [1.82, 2.24) is 0 Å². The minimum Gasteiger partial charge on any atom is -0.367 e. The van der Waals surface area contributed by atoms with Crippen LogP contribution >= 0.6 is 19.7 Å². The van der Waals surface area contributed by atoms with Gasteiger partial charge in [-0.15, -0.1) is 0 Å². The highest BCUT2D eigenvalue weighted by atomic mass is 35.5. The van der Waals surface area contributed by atoms with E-state index in [0.717, 1.165) is 0 Å². The number of aliphatic hydroxyl groups is 1. The van der Waals surface area contributed by atoms with E-state index in [0.29, 0.717) is 0 Å². The lowest BCUT2D eigenvalue weighted by atomic mass is 10.5. The molecule has 2 N–H and O–H groups in total. The average Bonchev–Trinajstić information content (AvgIpc) is 1.87. The van der Waals surface area contributed by atoms with Gasteiger partial charge >= 0.3 is 7.82 Å². The van der Waals surface area contributed by atoms with Crippen molar-refractivity contribution in [2.45, 2.75) is 19.6 Å². The number of aliphatic hydroxyl groups excluding tert-OH is 1. The summed E-state index contributed by atoms with van der Waals surface area (Å²) in [6.07, 6.45) is -1.14. The summed E-state index contributed by atoms with van der Waals surface area (Å²) in [7, 11) is -4.23. The number of hydrogen-bond acceptors (Lipinski definition) is 4. The van der Waals surface area contributed by atoms with Crippen LogP contribution in [-0.2, 0) is 13.2 Å². The van der Waals surface area contributed by atoms with E-state index in [1.807, 2.05) is 0 Å². The number of hydrogen-bond donors (Lipinski definition) is 2. The summed E-state index contributed by atoms with van der Waals surface area (Å²) in [4.78, 5) is 8.44. The molecule has 0 aromatic rings. The highest BCUT2D eigenvalue weighted by Gasteiger charge is 2.23. The second-order valence-corrected chi connectivity index (χ2v) is 3.21. The standard InChI is InChI=1S/C3H8ClO5P/c1-2-3(5)8-10(6,7)9-4/h3,5H,2H2,1H3,(H,6,7). The van der Waals surface area contributed by atoms with Crippen molar-refractivity contribution < 1.29 is 23.2 Å². The van der Waals surface area contributed by atoms with Crippen molar-refractivity contribution in [3.63, 3.8) is 0 Å². The highest BCUT2D eigenvalue weighted by molar-refractivity contribution is 7.48. The normalized spacial score (nSPS) is 20.0. The van der Waals surface area contributed by atoms with Crippen LogP contribution in [0.5, 0.6) is 0 Å². The number of rotatable bonds is 4. The quantitative estimate of drug-likeness (QED) is 0.511. The van der Waals surface area contributed by atoms with Gasteiger partial charge in [0.1, 0.15) is 0 Å². The van der Waals surface area contributed by atoms with Gasteiger partial charge in [-0.2, -0.15) is 4.08 Å². The molecule has 0 saturated carbocycles. The zero-order chi connectivity index (χ0) is 8.20. The van der Waals surface area contributed by atoms with Gasteiger partial charge in [0.15, 0.2) is 6.29 Å². The van der Waals surface area contributed by atoms with Crippen LogP contribution in [0, 0.1) is 0 Å². The Morgan fingerprint density at radius 1 is 1.80 bits per heavy atom. The Bertz CT molecular complexity index is 139. The summed E-state index contributed by atoms with van der Waals surface area (Å²) in [5, 5.41) is 8.63. The lowest BCUT2D eigenvalue weighted by Crippen LogP contribution is -2.07. The molecule has 0 aromatic heterocycles. The molecular weight excluding hydrogens is 182 g/mol. The Labute approximate surface area is 63.3 Å². The van der Waals surface area contributed by atoms with Gasteiger partial charge in [-0.25, -0.2) is 4.57 Å². The molecule has 2 atom stereocenters. The lowest BCUT2D eigenvalue weighted by molar-refractivity contribution is -0.0358. The van der Waals surface area contributed by atoms with Crippen LogP contribution in [0.25, 0.3) is 0 Å². The van der Waals surface area contributed by atoms with Crippen molar-refractivity contribution in [2.24, 2.45) is 0 Å². The van der Waals surface area contributed by atoms with E-state index in [1.165, 1.54) is 0 Å². The van der Waals surface area contributed by atoms with E-state index in [2.05, 4.69) is 20.5 Å². The first-order chi connectivity index (χ1) is 4.52. The summed E-state index contributed by atoms with van der Waals surface area (Å²) >= 11 is 4.55. The van der Waals surface area contributed by atoms with Crippen LogP contribution in [0.1, 0.15) is 13.3 Å². The molecule has 0 fully saturated rings. The largest absolute Gasteiger partial charge is 0.491 e. The maximum Gasteiger partial charge on any atom is 0.491 e. The molecule has 0 aromatic carbocycles. The van der Waals surface area contributed by atoms with Gasteiger partial charge in [-0.3, -0.25) is 4.52 Å². The van der Waals surface area contributed by atoms with Gasteiger partial charge < -0.3 is 10.00 Å². The summed E-state index contributed by atoms with van der Waals surface area (Å²) in [6.45, 7) is 1.57. The second-order valence-electron chi connectivity index (χ2n) is 1.51. The smallest absolute Gasteiger partial charge is 0.367 e. The van der Waals surface area contributed by atoms with Gasteiger partial charge in [0.05, 0.1) is 11.9 Å². The van der Waals surface area contributed by atoms with E-state index in [9.17, 15) is 4.57 Å². The molecular formula is C3H8ClO5P. The van der Waals surface area contributed by atoms with Crippen molar-refractivity contribution >= 4 is 19.7 Å². The third-order valence-electron chi connectivity index (χ3n) is 0.691. The molecule has 62 valence electrons. The van der Waals surface area contributed by atoms with Crippen molar-refractivity contribution in [1.29, 1.82) is 0 Å². The molecule has 2 unspecified atom stereocenters. The van der Waals surface area contributed by atoms with Crippen LogP contribution in [0.2, 0.25) is 0 Å². The first-order valence-corrected chi connectivity index (χ1v) is 4.32. The van der Waals surface area contributed by atoms with E-state index >= 15 is 0 Å². The van der Waals surface area contributed by atoms with E-state index in [-0.39, 0.29) is 6.42 Å². The number of phosphoric acid groups is 1. The molecule has 5 nitrogen and oxygen atoms in total. The lowest BCUT2D eigenvalue weighted by Gasteiger charge is -2.10. The van der Waals surface area contributed by atoms with E-state index in [1.54, 1.807) is 6.92 Å². The van der Waals surface area contributed by atoms with Gasteiger partial charge in [0.25, 0.3) is 0 Å². The predicted molar refractivity (Wildman–Crippen MR) is 34.1 cm³/mol. The molecule has 0 amide bonds. The molecule has 0 aliphatic heterocycles. The maximum atomic E-state index is 10.4. The fourth-order valence-electron chi connectivity index (χ4n) is 0.245. The molecule has 0 radical (unpaired) electrons. The van der Waals surface area contributed by atoms with Crippen molar-refractivity contribution in [3.8, 4) is 0 Å². The fourth-order valence-corrected chi connectivity index (χ4v) is 0.831. The van der Waals surface area contributed by atoms with Crippen LogP contribution in [0.4, 0.5) is 0 Å². The van der Waals surface area contributed by atoms with Crippen LogP contribution in [0.15, 0.2) is 0 Å². The Hall–Kier alpha value is 0.360. The Balaban J connectivity index is 3.77. The molecule has 10 heavy (non-hydrogen) atoms. The molecule has 7 heteroatoms. The molecule has 0 aliphatic rings.